The second-order valence-electron chi connectivity index (χ2n) is 4.67. The van der Waals surface area contributed by atoms with Gasteiger partial charge in [0.1, 0.15) is 0 Å². The van der Waals surface area contributed by atoms with Crippen molar-refractivity contribution in [3.63, 3.8) is 0 Å². The van der Waals surface area contributed by atoms with Crippen molar-refractivity contribution in [1.82, 2.24) is 5.43 Å². The maximum Gasteiger partial charge on any atom is 0.305 e. The Morgan fingerprint density at radius 1 is 1.33 bits per heavy atom. The molecule has 0 atom stereocenters. The first-order chi connectivity index (χ1) is 10.0. The van der Waals surface area contributed by atoms with Gasteiger partial charge in [-0.25, -0.2) is 5.43 Å². The Hall–Kier alpha value is -2.57. The fourth-order valence-corrected chi connectivity index (χ4v) is 1.65. The van der Waals surface area contributed by atoms with Crippen LogP contribution in [-0.2, 0) is 15.2 Å². The van der Waals surface area contributed by atoms with Gasteiger partial charge >= 0.3 is 5.97 Å². The van der Waals surface area contributed by atoms with Gasteiger partial charge in [-0.3, -0.25) is 9.59 Å². The number of nitrogens with zero attached hydrogens (tertiary/aromatic N) is 3. The summed E-state index contributed by atoms with van der Waals surface area (Å²) in [5, 5.41) is 11.6. The minimum atomic E-state index is -0.443. The molecule has 0 radical (unpaired) electrons. The lowest BCUT2D eigenvalue weighted by Gasteiger charge is -2.05. The molecule has 0 aromatic heterocycles. The Kier molecular flexibility index (Phi) is 4.42. The molecule has 7 nitrogen and oxygen atoms in total. The minimum absolute atomic E-state index is 0.232. The number of carbonyl (C=O) groups is 2. The molecule has 0 spiro atoms. The largest absolute Gasteiger partial charge is 0.469 e. The first-order valence-corrected chi connectivity index (χ1v) is 6.48. The van der Waals surface area contributed by atoms with Crippen molar-refractivity contribution < 1.29 is 14.3 Å². The number of hydrogen-bond donors (Lipinski definition) is 1. The fourth-order valence-electron chi connectivity index (χ4n) is 1.65. The molecule has 1 aromatic rings. The Morgan fingerprint density at radius 2 is 2.00 bits per heavy atom. The van der Waals surface area contributed by atoms with Crippen LogP contribution >= 0.6 is 0 Å². The summed E-state index contributed by atoms with van der Waals surface area (Å²) < 4.78 is 4.49. The number of hydrogen-bond acceptors (Lipinski definition) is 6. The zero-order valence-electron chi connectivity index (χ0n) is 11.9. The third-order valence-electron chi connectivity index (χ3n) is 3.06. The molecule has 1 aromatic carbocycles. The molecule has 0 saturated heterocycles. The van der Waals surface area contributed by atoms with Crippen molar-refractivity contribution in [2.45, 2.75) is 25.4 Å². The maximum atomic E-state index is 11.8. The van der Waals surface area contributed by atoms with Crippen molar-refractivity contribution in [2.75, 3.05) is 7.11 Å². The molecule has 2 rings (SSSR count). The van der Waals surface area contributed by atoms with E-state index in [-0.39, 0.29) is 18.3 Å². The molecule has 1 aliphatic heterocycles. The highest BCUT2D eigenvalue weighted by atomic mass is 16.5. The molecule has 21 heavy (non-hydrogen) atoms. The highest BCUT2D eigenvalue weighted by molar-refractivity contribution is 5.94. The summed E-state index contributed by atoms with van der Waals surface area (Å²) in [5.41, 5.74) is 3.39. The fraction of sp³-hybridized carbons (Fsp3) is 0.357. The van der Waals surface area contributed by atoms with E-state index in [1.807, 2.05) is 19.1 Å². The smallest absolute Gasteiger partial charge is 0.305 e. The van der Waals surface area contributed by atoms with Gasteiger partial charge in [-0.1, -0.05) is 12.1 Å². The van der Waals surface area contributed by atoms with E-state index >= 15 is 0 Å². The van der Waals surface area contributed by atoms with Crippen LogP contribution in [0.3, 0.4) is 0 Å². The van der Waals surface area contributed by atoms with Gasteiger partial charge in [-0.2, -0.15) is 15.3 Å². The SMILES string of the molecule is COC(=O)CC/C=N/NC(=O)c1ccc(C2(C)N=N2)cc1. The lowest BCUT2D eigenvalue weighted by atomic mass is 10.0. The van der Waals surface area contributed by atoms with Gasteiger partial charge in [-0.15, -0.1) is 0 Å². The second-order valence-corrected chi connectivity index (χ2v) is 4.67. The lowest BCUT2D eigenvalue weighted by molar-refractivity contribution is -0.140. The molecule has 0 saturated carbocycles. The van der Waals surface area contributed by atoms with Gasteiger partial charge in [0.15, 0.2) is 0 Å². The van der Waals surface area contributed by atoms with E-state index in [1.54, 1.807) is 12.1 Å². The van der Waals surface area contributed by atoms with Crippen molar-refractivity contribution in [3.8, 4) is 0 Å². The molecule has 110 valence electrons. The number of benzene rings is 1. The molecule has 1 aliphatic rings. The van der Waals surface area contributed by atoms with Gasteiger partial charge in [0.25, 0.3) is 5.91 Å². The normalized spacial score (nSPS) is 15.0. The third kappa shape index (κ3) is 3.95. The van der Waals surface area contributed by atoms with Crippen LogP contribution < -0.4 is 5.43 Å². The van der Waals surface area contributed by atoms with Crippen molar-refractivity contribution >= 4 is 18.1 Å². The van der Waals surface area contributed by atoms with Gasteiger partial charge in [0.2, 0.25) is 5.66 Å². The standard InChI is InChI=1S/C14H16N4O3/c1-14(17-18-14)11-7-5-10(6-8-11)13(20)16-15-9-3-4-12(19)21-2/h5-9H,3-4H2,1-2H3,(H,16,20)/b15-9+. The summed E-state index contributed by atoms with van der Waals surface area (Å²) in [7, 11) is 1.33. The molecule has 1 amide bonds. The molecule has 0 bridgehead atoms. The predicted molar refractivity (Wildman–Crippen MR) is 75.9 cm³/mol. The summed E-state index contributed by atoms with van der Waals surface area (Å²) in [5.74, 6) is -0.626. The minimum Gasteiger partial charge on any atom is -0.469 e. The first-order valence-electron chi connectivity index (χ1n) is 6.48. The van der Waals surface area contributed by atoms with Gasteiger partial charge in [-0.05, 0) is 25.5 Å². The number of esters is 1. The van der Waals surface area contributed by atoms with Gasteiger partial charge in [0, 0.05) is 17.3 Å². The summed E-state index contributed by atoms with van der Waals surface area (Å²) >= 11 is 0. The zero-order valence-corrected chi connectivity index (χ0v) is 11.9. The lowest BCUT2D eigenvalue weighted by Crippen LogP contribution is -2.17. The molecule has 1 N–H and O–H groups in total. The Morgan fingerprint density at radius 3 is 2.57 bits per heavy atom. The van der Waals surface area contributed by atoms with E-state index in [0.717, 1.165) is 5.56 Å². The molecular formula is C14H16N4O3. The monoisotopic (exact) mass is 288 g/mol. The van der Waals surface area contributed by atoms with Crippen LogP contribution in [0.1, 0.15) is 35.7 Å². The van der Waals surface area contributed by atoms with E-state index in [9.17, 15) is 9.59 Å². The van der Waals surface area contributed by atoms with Crippen LogP contribution in [0, 0.1) is 0 Å². The summed E-state index contributed by atoms with van der Waals surface area (Å²) in [6, 6.07) is 7.03. The van der Waals surface area contributed by atoms with Crippen molar-refractivity contribution in [2.24, 2.45) is 15.3 Å². The average Bonchev–Trinajstić information content (AvgIpc) is 3.25. The van der Waals surface area contributed by atoms with Crippen LogP contribution in [0.2, 0.25) is 0 Å². The molecule has 1 heterocycles. The quantitative estimate of drug-likeness (QED) is 0.493. The molecule has 0 aliphatic carbocycles. The molecular weight excluding hydrogens is 272 g/mol. The zero-order chi connectivity index (χ0) is 15.3. The first kappa shape index (κ1) is 14.8. The summed E-state index contributed by atoms with van der Waals surface area (Å²) in [6.07, 6.45) is 2.11. The number of nitrogens with one attached hydrogen (secondary N) is 1. The Balaban J connectivity index is 1.80. The topological polar surface area (TPSA) is 92.5 Å². The number of amides is 1. The van der Waals surface area contributed by atoms with Crippen LogP contribution in [0.15, 0.2) is 39.6 Å². The number of hydrazone groups is 1. The predicted octanol–water partition coefficient (Wildman–Crippen LogP) is 1.99. The van der Waals surface area contributed by atoms with E-state index in [2.05, 4.69) is 25.5 Å². The number of rotatable bonds is 6. The molecule has 0 unspecified atom stereocenters. The molecule has 0 fully saturated rings. The van der Waals surface area contributed by atoms with Crippen LogP contribution in [0.4, 0.5) is 0 Å². The maximum absolute atomic E-state index is 11.8. The molecule has 7 heteroatoms. The van der Waals surface area contributed by atoms with Crippen LogP contribution in [-0.4, -0.2) is 25.2 Å². The van der Waals surface area contributed by atoms with Gasteiger partial charge < -0.3 is 4.74 Å². The average molecular weight is 288 g/mol. The number of carbonyl (C=O) groups excluding carboxylic acids is 2. The number of methoxy groups -OCH3 is 1. The number of ether oxygens (including phenoxy) is 1. The van der Waals surface area contributed by atoms with E-state index in [4.69, 9.17) is 0 Å². The van der Waals surface area contributed by atoms with Crippen molar-refractivity contribution in [1.29, 1.82) is 0 Å². The van der Waals surface area contributed by atoms with Gasteiger partial charge in [0.05, 0.1) is 13.5 Å². The summed E-state index contributed by atoms with van der Waals surface area (Å²) in [6.45, 7) is 1.90. The second kappa shape index (κ2) is 6.25. The van der Waals surface area contributed by atoms with Crippen LogP contribution in [0.25, 0.3) is 0 Å². The van der Waals surface area contributed by atoms with E-state index in [0.29, 0.717) is 12.0 Å². The van der Waals surface area contributed by atoms with Crippen LogP contribution in [0.5, 0.6) is 0 Å². The highest BCUT2D eigenvalue weighted by Gasteiger charge is 2.35. The Labute approximate surface area is 122 Å². The Bertz CT molecular complexity index is 587. The summed E-state index contributed by atoms with van der Waals surface area (Å²) in [4.78, 5) is 22.7. The van der Waals surface area contributed by atoms with Crippen molar-refractivity contribution in [3.05, 3.63) is 35.4 Å². The highest BCUT2D eigenvalue weighted by Crippen LogP contribution is 2.38. The van der Waals surface area contributed by atoms with E-state index < -0.39 is 5.66 Å². The van der Waals surface area contributed by atoms with E-state index in [1.165, 1.54) is 13.3 Å². The third-order valence-corrected chi connectivity index (χ3v) is 3.06.